The van der Waals surface area contributed by atoms with Crippen molar-refractivity contribution in [3.05, 3.63) is 42.9 Å². The summed E-state index contributed by atoms with van der Waals surface area (Å²) in [6.45, 7) is 1.72. The topological polar surface area (TPSA) is 89.9 Å². The van der Waals surface area contributed by atoms with Gasteiger partial charge in [-0.2, -0.15) is 5.10 Å². The van der Waals surface area contributed by atoms with Gasteiger partial charge in [0.1, 0.15) is 12.1 Å². The van der Waals surface area contributed by atoms with Gasteiger partial charge in [0.2, 0.25) is 5.91 Å². The summed E-state index contributed by atoms with van der Waals surface area (Å²) in [6.07, 6.45) is 5.78. The van der Waals surface area contributed by atoms with E-state index in [2.05, 4.69) is 20.0 Å². The number of hydrogen-bond donors (Lipinski definition) is 1. The monoisotopic (exact) mass is 336 g/mol. The Morgan fingerprint density at radius 2 is 1.92 bits per heavy atom. The van der Waals surface area contributed by atoms with Crippen molar-refractivity contribution in [2.24, 2.45) is 11.7 Å². The molecule has 0 unspecified atom stereocenters. The lowest BCUT2D eigenvalue weighted by Gasteiger charge is -2.32. The first-order valence-corrected chi connectivity index (χ1v) is 8.50. The molecule has 1 amide bonds. The van der Waals surface area contributed by atoms with E-state index < -0.39 is 0 Å². The van der Waals surface area contributed by atoms with Crippen LogP contribution in [0.15, 0.2) is 42.9 Å². The lowest BCUT2D eigenvalue weighted by Crippen LogP contribution is -2.35. The largest absolute Gasteiger partial charge is 0.370 e. The minimum atomic E-state index is -0.216. The summed E-state index contributed by atoms with van der Waals surface area (Å²) < 4.78 is 1.83. The Kier molecular flexibility index (Phi) is 4.05. The first kappa shape index (κ1) is 15.6. The van der Waals surface area contributed by atoms with Crippen LogP contribution < -0.4 is 10.6 Å². The fourth-order valence-corrected chi connectivity index (χ4v) is 3.48. The van der Waals surface area contributed by atoms with E-state index in [0.717, 1.165) is 48.5 Å². The number of aromatic nitrogens is 4. The van der Waals surface area contributed by atoms with Crippen molar-refractivity contribution in [3.63, 3.8) is 0 Å². The van der Waals surface area contributed by atoms with E-state index >= 15 is 0 Å². The number of para-hydroxylation sites is 1. The molecule has 2 aromatic heterocycles. The molecule has 7 nitrogen and oxygen atoms in total. The van der Waals surface area contributed by atoms with E-state index in [-0.39, 0.29) is 5.91 Å². The van der Waals surface area contributed by atoms with Crippen LogP contribution in [0.1, 0.15) is 19.3 Å². The second-order valence-electron chi connectivity index (χ2n) is 6.43. The molecular formula is C18H20N6O. The van der Waals surface area contributed by atoms with Gasteiger partial charge in [0.25, 0.3) is 0 Å². The summed E-state index contributed by atoms with van der Waals surface area (Å²) in [5, 5.41) is 5.45. The maximum Gasteiger partial charge on any atom is 0.217 e. The second-order valence-corrected chi connectivity index (χ2v) is 6.43. The van der Waals surface area contributed by atoms with E-state index in [0.29, 0.717) is 12.3 Å². The van der Waals surface area contributed by atoms with Crippen molar-refractivity contribution >= 4 is 22.8 Å². The van der Waals surface area contributed by atoms with Gasteiger partial charge in [0.15, 0.2) is 5.65 Å². The minimum Gasteiger partial charge on any atom is -0.370 e. The van der Waals surface area contributed by atoms with Gasteiger partial charge in [-0.3, -0.25) is 4.79 Å². The molecule has 3 heterocycles. The Morgan fingerprint density at radius 3 is 2.64 bits per heavy atom. The van der Waals surface area contributed by atoms with Gasteiger partial charge in [-0.05, 0) is 30.9 Å². The number of anilines is 1. The number of nitrogens with zero attached hydrogens (tertiary/aromatic N) is 5. The average molecular weight is 336 g/mol. The molecule has 7 heteroatoms. The van der Waals surface area contributed by atoms with Crippen molar-refractivity contribution in [3.8, 4) is 5.69 Å². The first-order valence-electron chi connectivity index (χ1n) is 8.50. The molecule has 0 bridgehead atoms. The molecule has 0 spiro atoms. The molecule has 4 rings (SSSR count). The third-order valence-electron chi connectivity index (χ3n) is 4.75. The number of carbonyl (C=O) groups excluding carboxylic acids is 1. The highest BCUT2D eigenvalue weighted by Gasteiger charge is 2.23. The lowest BCUT2D eigenvalue weighted by atomic mass is 9.93. The molecular weight excluding hydrogens is 316 g/mol. The maximum atomic E-state index is 11.1. The second kappa shape index (κ2) is 6.51. The van der Waals surface area contributed by atoms with Crippen molar-refractivity contribution < 1.29 is 4.79 Å². The van der Waals surface area contributed by atoms with Crippen LogP contribution in [-0.2, 0) is 4.79 Å². The van der Waals surface area contributed by atoms with Gasteiger partial charge in [-0.1, -0.05) is 18.2 Å². The Labute approximate surface area is 145 Å². The zero-order valence-electron chi connectivity index (χ0n) is 13.9. The van der Waals surface area contributed by atoms with Crippen LogP contribution in [0, 0.1) is 5.92 Å². The Balaban J connectivity index is 1.62. The highest BCUT2D eigenvalue weighted by Crippen LogP contribution is 2.29. The molecule has 1 aromatic carbocycles. The number of carbonyl (C=O) groups is 1. The summed E-state index contributed by atoms with van der Waals surface area (Å²) in [7, 11) is 0. The van der Waals surface area contributed by atoms with Crippen molar-refractivity contribution in [1.82, 2.24) is 19.7 Å². The summed E-state index contributed by atoms with van der Waals surface area (Å²) in [6, 6.07) is 9.95. The van der Waals surface area contributed by atoms with Crippen molar-refractivity contribution in [2.75, 3.05) is 18.0 Å². The average Bonchev–Trinajstić information content (AvgIpc) is 3.07. The zero-order chi connectivity index (χ0) is 17.2. The number of benzene rings is 1. The van der Waals surface area contributed by atoms with Crippen molar-refractivity contribution in [2.45, 2.75) is 19.3 Å². The van der Waals surface area contributed by atoms with E-state index in [1.807, 2.05) is 41.2 Å². The molecule has 0 radical (unpaired) electrons. The van der Waals surface area contributed by atoms with Crippen LogP contribution in [-0.4, -0.2) is 38.7 Å². The van der Waals surface area contributed by atoms with Crippen molar-refractivity contribution in [1.29, 1.82) is 0 Å². The molecule has 1 saturated heterocycles. The fourth-order valence-electron chi connectivity index (χ4n) is 3.48. The predicted molar refractivity (Wildman–Crippen MR) is 95.4 cm³/mol. The Morgan fingerprint density at radius 1 is 1.16 bits per heavy atom. The van der Waals surface area contributed by atoms with Gasteiger partial charge >= 0.3 is 0 Å². The standard InChI is InChI=1S/C18H20N6O/c19-16(25)10-13-6-8-23(9-7-13)17-15-11-22-24(18(15)21-12-20-17)14-4-2-1-3-5-14/h1-5,11-13H,6-10H2,(H2,19,25). The summed E-state index contributed by atoms with van der Waals surface area (Å²) >= 11 is 0. The number of nitrogens with two attached hydrogens (primary N) is 1. The van der Waals surface area contributed by atoms with Gasteiger partial charge < -0.3 is 10.6 Å². The number of primary amides is 1. The van der Waals surface area contributed by atoms with E-state index in [1.54, 1.807) is 6.33 Å². The molecule has 1 aliphatic heterocycles. The van der Waals surface area contributed by atoms with Crippen LogP contribution in [0.4, 0.5) is 5.82 Å². The molecule has 1 aliphatic rings. The molecule has 2 N–H and O–H groups in total. The van der Waals surface area contributed by atoms with E-state index in [9.17, 15) is 4.79 Å². The lowest BCUT2D eigenvalue weighted by molar-refractivity contribution is -0.119. The summed E-state index contributed by atoms with van der Waals surface area (Å²) in [4.78, 5) is 22.3. The smallest absolute Gasteiger partial charge is 0.217 e. The molecule has 0 aliphatic carbocycles. The molecule has 25 heavy (non-hydrogen) atoms. The van der Waals surface area contributed by atoms with Crippen LogP contribution in [0.25, 0.3) is 16.7 Å². The fraction of sp³-hybridized carbons (Fsp3) is 0.333. The SMILES string of the molecule is NC(=O)CC1CCN(c2ncnc3c2cnn3-c2ccccc2)CC1. The Hall–Kier alpha value is -2.96. The predicted octanol–water partition coefficient (Wildman–Crippen LogP) is 1.91. The number of piperidine rings is 1. The Bertz CT molecular complexity index is 883. The normalized spacial score (nSPS) is 15.6. The summed E-state index contributed by atoms with van der Waals surface area (Å²) in [5.41, 5.74) is 7.09. The zero-order valence-corrected chi connectivity index (χ0v) is 13.9. The third-order valence-corrected chi connectivity index (χ3v) is 4.75. The first-order chi connectivity index (χ1) is 12.2. The van der Waals surface area contributed by atoms with Crippen LogP contribution in [0.5, 0.6) is 0 Å². The molecule has 1 fully saturated rings. The summed E-state index contributed by atoms with van der Waals surface area (Å²) in [5.74, 6) is 1.06. The molecule has 128 valence electrons. The van der Waals surface area contributed by atoms with Crippen LogP contribution in [0.3, 0.4) is 0 Å². The van der Waals surface area contributed by atoms with Crippen LogP contribution >= 0.6 is 0 Å². The van der Waals surface area contributed by atoms with Gasteiger partial charge in [-0.15, -0.1) is 0 Å². The molecule has 0 atom stereocenters. The van der Waals surface area contributed by atoms with E-state index in [4.69, 9.17) is 5.73 Å². The number of fused-ring (bicyclic) bond motifs is 1. The van der Waals surface area contributed by atoms with Gasteiger partial charge in [0.05, 0.1) is 17.3 Å². The quantitative estimate of drug-likeness (QED) is 0.786. The molecule has 0 saturated carbocycles. The minimum absolute atomic E-state index is 0.216. The van der Waals surface area contributed by atoms with Gasteiger partial charge in [0, 0.05) is 19.5 Å². The highest BCUT2D eigenvalue weighted by molar-refractivity contribution is 5.87. The number of amides is 1. The maximum absolute atomic E-state index is 11.1. The molecule has 3 aromatic rings. The van der Waals surface area contributed by atoms with Gasteiger partial charge in [-0.25, -0.2) is 14.6 Å². The highest BCUT2D eigenvalue weighted by atomic mass is 16.1. The van der Waals surface area contributed by atoms with E-state index in [1.165, 1.54) is 0 Å². The van der Waals surface area contributed by atoms with Crippen LogP contribution in [0.2, 0.25) is 0 Å². The number of hydrogen-bond acceptors (Lipinski definition) is 5. The number of rotatable bonds is 4. The third kappa shape index (κ3) is 3.05.